The molecule has 0 aliphatic rings. The van der Waals surface area contributed by atoms with Crippen molar-refractivity contribution < 1.29 is 4.42 Å². The summed E-state index contributed by atoms with van der Waals surface area (Å²) in [5.74, 6) is 0. The van der Waals surface area contributed by atoms with Crippen molar-refractivity contribution >= 4 is 75.3 Å². The lowest BCUT2D eigenvalue weighted by Crippen LogP contribution is -1.93. The van der Waals surface area contributed by atoms with Gasteiger partial charge in [0, 0.05) is 47.4 Å². The Bertz CT molecular complexity index is 2350. The first-order valence-electron chi connectivity index (χ1n) is 13.2. The third kappa shape index (κ3) is 2.96. The average molecular weight is 516 g/mol. The maximum atomic E-state index is 6.44. The lowest BCUT2D eigenvalue weighted by Gasteiger charge is -2.08. The SMILES string of the molecule is c1ccc2c(c1)sc1cccc(-c3ccc4c(c3)oc3ccc(-n5c6ccccc6c6ccccc65)cc34)c12. The molecule has 9 rings (SSSR count). The van der Waals surface area contributed by atoms with Crippen LogP contribution in [-0.4, -0.2) is 4.57 Å². The largest absolute Gasteiger partial charge is 0.456 e. The van der Waals surface area contributed by atoms with Gasteiger partial charge in [-0.3, -0.25) is 0 Å². The molecule has 0 spiro atoms. The molecular weight excluding hydrogens is 494 g/mol. The molecule has 0 fully saturated rings. The number of nitrogens with zero attached hydrogens (tertiary/aromatic N) is 1. The normalized spacial score (nSPS) is 12.1. The van der Waals surface area contributed by atoms with Crippen LogP contribution in [0.15, 0.2) is 132 Å². The van der Waals surface area contributed by atoms with Gasteiger partial charge in [0.15, 0.2) is 0 Å². The topological polar surface area (TPSA) is 18.1 Å². The number of aromatic nitrogens is 1. The minimum atomic E-state index is 0.908. The summed E-state index contributed by atoms with van der Waals surface area (Å²) in [6, 6.07) is 45.8. The number of benzene rings is 6. The van der Waals surface area contributed by atoms with Gasteiger partial charge in [-0.2, -0.15) is 0 Å². The van der Waals surface area contributed by atoms with Crippen LogP contribution in [0.25, 0.3) is 80.7 Å². The molecule has 39 heavy (non-hydrogen) atoms. The van der Waals surface area contributed by atoms with Gasteiger partial charge in [0.25, 0.3) is 0 Å². The van der Waals surface area contributed by atoms with Gasteiger partial charge < -0.3 is 8.98 Å². The maximum Gasteiger partial charge on any atom is 0.136 e. The second-order valence-corrected chi connectivity index (χ2v) is 11.2. The number of rotatable bonds is 2. The molecule has 0 saturated heterocycles. The molecule has 3 aromatic heterocycles. The fourth-order valence-electron chi connectivity index (χ4n) is 6.29. The highest BCUT2D eigenvalue weighted by atomic mass is 32.1. The maximum absolute atomic E-state index is 6.44. The predicted molar refractivity (Wildman–Crippen MR) is 166 cm³/mol. The van der Waals surface area contributed by atoms with Crippen LogP contribution in [0.3, 0.4) is 0 Å². The Morgan fingerprint density at radius 2 is 1.21 bits per heavy atom. The van der Waals surface area contributed by atoms with E-state index < -0.39 is 0 Å². The number of hydrogen-bond donors (Lipinski definition) is 0. The minimum Gasteiger partial charge on any atom is -0.456 e. The summed E-state index contributed by atoms with van der Waals surface area (Å²) in [6.07, 6.45) is 0. The van der Waals surface area contributed by atoms with Crippen LogP contribution in [0, 0.1) is 0 Å². The number of fused-ring (bicyclic) bond motifs is 9. The zero-order valence-corrected chi connectivity index (χ0v) is 21.7. The summed E-state index contributed by atoms with van der Waals surface area (Å²) in [5.41, 5.74) is 7.82. The monoisotopic (exact) mass is 515 g/mol. The zero-order chi connectivity index (χ0) is 25.5. The Hall–Kier alpha value is -4.86. The van der Waals surface area contributed by atoms with Gasteiger partial charge in [-0.15, -0.1) is 11.3 Å². The third-order valence-electron chi connectivity index (χ3n) is 8.01. The molecule has 0 unspecified atom stereocenters. The standard InChI is InChI=1S/C36H21NOS/c1-4-12-30-25(8-1)26-9-2-5-13-31(26)37(30)23-17-19-32-29(21-23)27-18-16-22(20-33(27)38-32)24-11-7-15-35-36(24)28-10-3-6-14-34(28)39-35/h1-21H. The molecule has 0 aliphatic carbocycles. The van der Waals surface area contributed by atoms with Gasteiger partial charge in [-0.1, -0.05) is 72.8 Å². The molecule has 9 aromatic rings. The first-order chi connectivity index (χ1) is 19.3. The Kier molecular flexibility index (Phi) is 4.24. The number of thiophene rings is 1. The van der Waals surface area contributed by atoms with Crippen molar-refractivity contribution in [1.29, 1.82) is 0 Å². The molecule has 182 valence electrons. The van der Waals surface area contributed by atoms with Gasteiger partial charge in [-0.05, 0) is 65.7 Å². The first-order valence-corrected chi connectivity index (χ1v) is 14.0. The van der Waals surface area contributed by atoms with E-state index in [-0.39, 0.29) is 0 Å². The van der Waals surface area contributed by atoms with Crippen molar-refractivity contribution in [2.24, 2.45) is 0 Å². The third-order valence-corrected chi connectivity index (χ3v) is 9.14. The van der Waals surface area contributed by atoms with Crippen LogP contribution in [0.4, 0.5) is 0 Å². The van der Waals surface area contributed by atoms with Crippen molar-refractivity contribution in [3.8, 4) is 16.8 Å². The molecule has 2 nitrogen and oxygen atoms in total. The van der Waals surface area contributed by atoms with Gasteiger partial charge >= 0.3 is 0 Å². The molecule has 0 atom stereocenters. The summed E-state index contributed by atoms with van der Waals surface area (Å²) in [5, 5.41) is 7.44. The van der Waals surface area contributed by atoms with Crippen LogP contribution in [0.2, 0.25) is 0 Å². The Labute approximate surface area is 227 Å². The van der Waals surface area contributed by atoms with E-state index >= 15 is 0 Å². The van der Waals surface area contributed by atoms with Crippen LogP contribution in [0.5, 0.6) is 0 Å². The number of para-hydroxylation sites is 2. The highest BCUT2D eigenvalue weighted by Gasteiger charge is 2.16. The Balaban J connectivity index is 1.26. The van der Waals surface area contributed by atoms with E-state index in [0.29, 0.717) is 0 Å². The van der Waals surface area contributed by atoms with Crippen LogP contribution >= 0.6 is 11.3 Å². The summed E-state index contributed by atoms with van der Waals surface area (Å²) in [4.78, 5) is 0. The molecule has 3 heteroatoms. The van der Waals surface area contributed by atoms with E-state index in [1.54, 1.807) is 0 Å². The predicted octanol–water partition coefficient (Wildman–Crippen LogP) is 10.7. The van der Waals surface area contributed by atoms with E-state index in [9.17, 15) is 0 Å². The van der Waals surface area contributed by atoms with E-state index in [1.807, 2.05) is 11.3 Å². The quantitative estimate of drug-likeness (QED) is 0.224. The van der Waals surface area contributed by atoms with E-state index in [2.05, 4.69) is 132 Å². The molecule has 3 heterocycles. The molecule has 0 N–H and O–H groups in total. The van der Waals surface area contributed by atoms with E-state index in [0.717, 1.165) is 27.6 Å². The molecule has 0 bridgehead atoms. The Morgan fingerprint density at radius 1 is 0.487 bits per heavy atom. The number of hydrogen-bond acceptors (Lipinski definition) is 2. The molecule has 0 saturated carbocycles. The van der Waals surface area contributed by atoms with Crippen molar-refractivity contribution in [2.75, 3.05) is 0 Å². The van der Waals surface area contributed by atoms with Crippen LogP contribution in [-0.2, 0) is 0 Å². The highest BCUT2D eigenvalue weighted by Crippen LogP contribution is 2.42. The van der Waals surface area contributed by atoms with Crippen LogP contribution < -0.4 is 0 Å². The molecule has 0 aliphatic heterocycles. The number of furan rings is 1. The van der Waals surface area contributed by atoms with Crippen molar-refractivity contribution in [3.05, 3.63) is 127 Å². The van der Waals surface area contributed by atoms with E-state index in [1.165, 1.54) is 53.1 Å². The second kappa shape index (κ2) is 7.83. The van der Waals surface area contributed by atoms with Gasteiger partial charge in [-0.25, -0.2) is 0 Å². The summed E-state index contributed by atoms with van der Waals surface area (Å²) in [7, 11) is 0. The molecule has 0 radical (unpaired) electrons. The van der Waals surface area contributed by atoms with Crippen molar-refractivity contribution in [1.82, 2.24) is 4.57 Å². The fourth-order valence-corrected chi connectivity index (χ4v) is 7.42. The fraction of sp³-hybridized carbons (Fsp3) is 0. The summed E-state index contributed by atoms with van der Waals surface area (Å²) in [6.45, 7) is 0. The molecule has 0 amide bonds. The highest BCUT2D eigenvalue weighted by molar-refractivity contribution is 7.25. The molecular formula is C36H21NOS. The second-order valence-electron chi connectivity index (χ2n) is 10.1. The lowest BCUT2D eigenvalue weighted by molar-refractivity contribution is 0.669. The van der Waals surface area contributed by atoms with Crippen LogP contribution in [0.1, 0.15) is 0 Å². The first kappa shape index (κ1) is 21.1. The van der Waals surface area contributed by atoms with Crippen molar-refractivity contribution in [3.63, 3.8) is 0 Å². The van der Waals surface area contributed by atoms with E-state index in [4.69, 9.17) is 4.42 Å². The minimum absolute atomic E-state index is 0.908. The summed E-state index contributed by atoms with van der Waals surface area (Å²) >= 11 is 1.85. The zero-order valence-electron chi connectivity index (χ0n) is 20.9. The summed E-state index contributed by atoms with van der Waals surface area (Å²) < 4.78 is 11.4. The van der Waals surface area contributed by atoms with Gasteiger partial charge in [0.2, 0.25) is 0 Å². The lowest BCUT2D eigenvalue weighted by atomic mass is 9.98. The van der Waals surface area contributed by atoms with Gasteiger partial charge in [0.1, 0.15) is 11.2 Å². The van der Waals surface area contributed by atoms with Crippen molar-refractivity contribution in [2.45, 2.75) is 0 Å². The van der Waals surface area contributed by atoms with Gasteiger partial charge in [0.05, 0.1) is 11.0 Å². The smallest absolute Gasteiger partial charge is 0.136 e. The average Bonchev–Trinajstić information content (AvgIpc) is 3.65. The molecule has 6 aromatic carbocycles. The Morgan fingerprint density at radius 3 is 2.03 bits per heavy atom.